The molecule has 1 aromatic carbocycles. The van der Waals surface area contributed by atoms with Crippen LogP contribution in [0.5, 0.6) is 5.75 Å². The van der Waals surface area contributed by atoms with Gasteiger partial charge in [0.25, 0.3) is 0 Å². The molecule has 3 nitrogen and oxygen atoms in total. The van der Waals surface area contributed by atoms with Gasteiger partial charge in [-0.2, -0.15) is 0 Å². The van der Waals surface area contributed by atoms with Gasteiger partial charge < -0.3 is 14.8 Å². The number of ether oxygens (including phenoxy) is 2. The molecule has 2 rings (SSSR count). The first-order valence-electron chi connectivity index (χ1n) is 6.35. The molecular formula is C14H20ClNO2. The van der Waals surface area contributed by atoms with E-state index in [0.29, 0.717) is 12.0 Å². The minimum Gasteiger partial charge on any atom is -0.496 e. The van der Waals surface area contributed by atoms with Gasteiger partial charge >= 0.3 is 0 Å². The molecule has 1 fully saturated rings. The highest BCUT2D eigenvalue weighted by Crippen LogP contribution is 2.23. The minimum absolute atomic E-state index is 0.360. The van der Waals surface area contributed by atoms with Crippen LogP contribution in [0.15, 0.2) is 18.2 Å². The number of methoxy groups -OCH3 is 1. The first kappa shape index (κ1) is 13.7. The van der Waals surface area contributed by atoms with Crippen molar-refractivity contribution in [1.82, 2.24) is 5.32 Å². The highest BCUT2D eigenvalue weighted by atomic mass is 35.5. The molecule has 2 unspecified atom stereocenters. The van der Waals surface area contributed by atoms with E-state index in [0.717, 1.165) is 42.5 Å². The van der Waals surface area contributed by atoms with Crippen molar-refractivity contribution in [3.8, 4) is 5.75 Å². The normalized spacial score (nSPS) is 23.3. The fourth-order valence-electron chi connectivity index (χ4n) is 2.32. The molecule has 1 aliphatic rings. The van der Waals surface area contributed by atoms with E-state index in [2.05, 4.69) is 12.2 Å². The van der Waals surface area contributed by atoms with Crippen LogP contribution in [0.2, 0.25) is 5.02 Å². The first-order chi connectivity index (χ1) is 8.70. The Kier molecular flexibility index (Phi) is 4.87. The van der Waals surface area contributed by atoms with E-state index < -0.39 is 0 Å². The molecule has 0 bridgehead atoms. The average molecular weight is 270 g/mol. The lowest BCUT2D eigenvalue weighted by atomic mass is 10.0. The number of benzene rings is 1. The van der Waals surface area contributed by atoms with E-state index in [1.54, 1.807) is 7.11 Å². The zero-order chi connectivity index (χ0) is 13.0. The van der Waals surface area contributed by atoms with Gasteiger partial charge in [-0.3, -0.25) is 0 Å². The summed E-state index contributed by atoms with van der Waals surface area (Å²) in [7, 11) is 1.68. The average Bonchev–Trinajstić information content (AvgIpc) is 2.76. The maximum atomic E-state index is 6.00. The molecule has 0 aliphatic carbocycles. The monoisotopic (exact) mass is 269 g/mol. The molecule has 0 amide bonds. The summed E-state index contributed by atoms with van der Waals surface area (Å²) in [5, 5.41) is 4.20. The van der Waals surface area contributed by atoms with Crippen LogP contribution < -0.4 is 10.1 Å². The molecule has 1 heterocycles. The van der Waals surface area contributed by atoms with Crippen LogP contribution in [0.3, 0.4) is 0 Å². The highest BCUT2D eigenvalue weighted by molar-refractivity contribution is 6.30. The van der Waals surface area contributed by atoms with Crippen molar-refractivity contribution in [1.29, 1.82) is 0 Å². The van der Waals surface area contributed by atoms with E-state index in [-0.39, 0.29) is 0 Å². The largest absolute Gasteiger partial charge is 0.496 e. The summed E-state index contributed by atoms with van der Waals surface area (Å²) in [5.74, 6) is 1.48. The molecule has 2 atom stereocenters. The van der Waals surface area contributed by atoms with Gasteiger partial charge in [0.1, 0.15) is 5.75 Å². The van der Waals surface area contributed by atoms with E-state index in [9.17, 15) is 0 Å². The summed E-state index contributed by atoms with van der Waals surface area (Å²) in [4.78, 5) is 0. The maximum absolute atomic E-state index is 6.00. The summed E-state index contributed by atoms with van der Waals surface area (Å²) in [6.45, 7) is 4.76. The van der Waals surface area contributed by atoms with Crippen LogP contribution in [0.25, 0.3) is 0 Å². The summed E-state index contributed by atoms with van der Waals surface area (Å²) >= 11 is 6.00. The standard InChI is InChI=1S/C14H20ClNO2/c1-10-11(5-6-18-10)8-16-9-12-7-13(15)3-4-14(12)17-2/h3-4,7,10-11,16H,5-6,8-9H2,1-2H3. The van der Waals surface area contributed by atoms with Gasteiger partial charge in [-0.15, -0.1) is 0 Å². The molecule has 18 heavy (non-hydrogen) atoms. The van der Waals surface area contributed by atoms with Crippen molar-refractivity contribution in [2.75, 3.05) is 20.3 Å². The molecule has 0 saturated carbocycles. The minimum atomic E-state index is 0.360. The van der Waals surface area contributed by atoms with Crippen molar-refractivity contribution in [3.63, 3.8) is 0 Å². The second kappa shape index (κ2) is 6.41. The summed E-state index contributed by atoms with van der Waals surface area (Å²) < 4.78 is 10.9. The Balaban J connectivity index is 1.87. The van der Waals surface area contributed by atoms with Crippen LogP contribution in [0.4, 0.5) is 0 Å². The van der Waals surface area contributed by atoms with Gasteiger partial charge in [0.15, 0.2) is 0 Å². The Hall–Kier alpha value is -0.770. The van der Waals surface area contributed by atoms with Gasteiger partial charge in [0.2, 0.25) is 0 Å². The Labute approximate surface area is 113 Å². The third kappa shape index (κ3) is 3.37. The van der Waals surface area contributed by atoms with E-state index in [1.165, 1.54) is 0 Å². The third-order valence-corrected chi connectivity index (χ3v) is 3.73. The van der Waals surface area contributed by atoms with Crippen molar-refractivity contribution >= 4 is 11.6 Å². The number of halogens is 1. The van der Waals surface area contributed by atoms with Gasteiger partial charge in [-0.05, 0) is 37.5 Å². The van der Waals surface area contributed by atoms with Crippen LogP contribution >= 0.6 is 11.6 Å². The van der Waals surface area contributed by atoms with E-state index in [4.69, 9.17) is 21.1 Å². The molecule has 100 valence electrons. The molecule has 0 aromatic heterocycles. The van der Waals surface area contributed by atoms with Crippen LogP contribution in [0, 0.1) is 5.92 Å². The predicted molar refractivity (Wildman–Crippen MR) is 73.2 cm³/mol. The Morgan fingerprint density at radius 3 is 3.00 bits per heavy atom. The lowest BCUT2D eigenvalue weighted by Gasteiger charge is -2.15. The predicted octanol–water partition coefficient (Wildman–Crippen LogP) is 2.86. The van der Waals surface area contributed by atoms with Crippen molar-refractivity contribution in [2.24, 2.45) is 5.92 Å². The molecule has 1 saturated heterocycles. The lowest BCUT2D eigenvalue weighted by molar-refractivity contribution is 0.105. The SMILES string of the molecule is COc1ccc(Cl)cc1CNCC1CCOC1C. The lowest BCUT2D eigenvalue weighted by Crippen LogP contribution is -2.26. The second-order valence-corrected chi connectivity index (χ2v) is 5.15. The van der Waals surface area contributed by atoms with Crippen LogP contribution in [-0.2, 0) is 11.3 Å². The van der Waals surface area contributed by atoms with Crippen molar-refractivity contribution in [3.05, 3.63) is 28.8 Å². The van der Waals surface area contributed by atoms with Crippen LogP contribution in [0.1, 0.15) is 18.9 Å². The second-order valence-electron chi connectivity index (χ2n) is 4.71. The fraction of sp³-hybridized carbons (Fsp3) is 0.571. The van der Waals surface area contributed by atoms with E-state index in [1.807, 2.05) is 18.2 Å². The number of nitrogens with one attached hydrogen (secondary N) is 1. The molecule has 4 heteroatoms. The Morgan fingerprint density at radius 1 is 1.50 bits per heavy atom. The molecule has 1 N–H and O–H groups in total. The molecule has 1 aliphatic heterocycles. The smallest absolute Gasteiger partial charge is 0.123 e. The number of hydrogen-bond donors (Lipinski definition) is 1. The van der Waals surface area contributed by atoms with Crippen LogP contribution in [-0.4, -0.2) is 26.4 Å². The molecule has 0 spiro atoms. The summed E-state index contributed by atoms with van der Waals surface area (Å²) in [6, 6.07) is 5.69. The van der Waals surface area contributed by atoms with Gasteiger partial charge in [0.05, 0.1) is 13.2 Å². The molecule has 1 aromatic rings. The summed E-state index contributed by atoms with van der Waals surface area (Å²) in [6.07, 6.45) is 1.50. The maximum Gasteiger partial charge on any atom is 0.123 e. The fourth-order valence-corrected chi connectivity index (χ4v) is 2.52. The zero-order valence-electron chi connectivity index (χ0n) is 10.9. The third-order valence-electron chi connectivity index (χ3n) is 3.50. The zero-order valence-corrected chi connectivity index (χ0v) is 11.7. The number of rotatable bonds is 5. The first-order valence-corrected chi connectivity index (χ1v) is 6.73. The van der Waals surface area contributed by atoms with Gasteiger partial charge in [-0.25, -0.2) is 0 Å². The Bertz CT molecular complexity index is 397. The number of hydrogen-bond acceptors (Lipinski definition) is 3. The van der Waals surface area contributed by atoms with Crippen molar-refractivity contribution < 1.29 is 9.47 Å². The van der Waals surface area contributed by atoms with Gasteiger partial charge in [-0.1, -0.05) is 11.6 Å². The molecular weight excluding hydrogens is 250 g/mol. The van der Waals surface area contributed by atoms with Gasteiger partial charge in [0, 0.05) is 30.3 Å². The molecule has 0 radical (unpaired) electrons. The highest BCUT2D eigenvalue weighted by Gasteiger charge is 2.23. The quantitative estimate of drug-likeness (QED) is 0.892. The van der Waals surface area contributed by atoms with E-state index >= 15 is 0 Å². The Morgan fingerprint density at radius 2 is 2.33 bits per heavy atom. The summed E-state index contributed by atoms with van der Waals surface area (Å²) in [5.41, 5.74) is 1.09. The van der Waals surface area contributed by atoms with Crippen molar-refractivity contribution in [2.45, 2.75) is 26.0 Å². The topological polar surface area (TPSA) is 30.5 Å².